The van der Waals surface area contributed by atoms with Crippen LogP contribution in [0.15, 0.2) is 24.3 Å². The monoisotopic (exact) mass is 263 g/mol. The van der Waals surface area contributed by atoms with Crippen molar-refractivity contribution in [2.24, 2.45) is 5.92 Å². The van der Waals surface area contributed by atoms with Gasteiger partial charge in [0.15, 0.2) is 0 Å². The minimum absolute atomic E-state index is 0.341. The maximum atomic E-state index is 9.12. The minimum Gasteiger partial charge on any atom is -0.492 e. The van der Waals surface area contributed by atoms with Gasteiger partial charge >= 0.3 is 0 Å². The number of aliphatic hydroxyl groups excluding tert-OH is 1. The van der Waals surface area contributed by atoms with Crippen LogP contribution in [0.2, 0.25) is 0 Å². The molecule has 106 valence electrons. The number of ether oxygens (including phenoxy) is 1. The van der Waals surface area contributed by atoms with Crippen LogP contribution in [-0.4, -0.2) is 42.9 Å². The van der Waals surface area contributed by atoms with Gasteiger partial charge in [-0.15, -0.1) is 0 Å². The molecule has 1 heterocycles. The summed E-state index contributed by atoms with van der Waals surface area (Å²) in [5, 5.41) is 9.12. The summed E-state index contributed by atoms with van der Waals surface area (Å²) in [4.78, 5) is 2.43. The molecular weight excluding hydrogens is 238 g/mol. The van der Waals surface area contributed by atoms with E-state index in [1.54, 1.807) is 0 Å². The Bertz CT molecular complexity index is 373. The lowest BCUT2D eigenvalue weighted by atomic mass is 9.98. The Morgan fingerprint density at radius 2 is 2.00 bits per heavy atom. The molecule has 1 saturated heterocycles. The Morgan fingerprint density at radius 1 is 1.26 bits per heavy atom. The first-order valence-corrected chi connectivity index (χ1v) is 7.37. The minimum atomic E-state index is 0.341. The quantitative estimate of drug-likeness (QED) is 0.855. The van der Waals surface area contributed by atoms with Crippen LogP contribution in [0.5, 0.6) is 5.75 Å². The second kappa shape index (κ2) is 7.51. The fourth-order valence-electron chi connectivity index (χ4n) is 2.61. The van der Waals surface area contributed by atoms with E-state index in [-0.39, 0.29) is 0 Å². The van der Waals surface area contributed by atoms with Gasteiger partial charge in [0.2, 0.25) is 0 Å². The van der Waals surface area contributed by atoms with Crippen LogP contribution in [0.3, 0.4) is 0 Å². The average Bonchev–Trinajstić information content (AvgIpc) is 2.48. The van der Waals surface area contributed by atoms with Crippen LogP contribution in [0.4, 0.5) is 0 Å². The molecule has 1 aliphatic rings. The number of piperidine rings is 1. The molecule has 1 aromatic carbocycles. The number of aryl methyl sites for hydroxylation is 1. The third kappa shape index (κ3) is 4.22. The van der Waals surface area contributed by atoms with Crippen molar-refractivity contribution in [3.05, 3.63) is 29.8 Å². The molecule has 1 fully saturated rings. The molecule has 0 aliphatic carbocycles. The van der Waals surface area contributed by atoms with Crippen LogP contribution < -0.4 is 4.74 Å². The van der Waals surface area contributed by atoms with Crippen molar-refractivity contribution in [3.63, 3.8) is 0 Å². The lowest BCUT2D eigenvalue weighted by Gasteiger charge is -2.30. The van der Waals surface area contributed by atoms with Crippen LogP contribution in [0.1, 0.15) is 25.3 Å². The Kier molecular flexibility index (Phi) is 5.67. The van der Waals surface area contributed by atoms with Gasteiger partial charge in [-0.3, -0.25) is 4.90 Å². The van der Waals surface area contributed by atoms with E-state index in [9.17, 15) is 0 Å². The van der Waals surface area contributed by atoms with Gasteiger partial charge in [-0.05, 0) is 49.9 Å². The van der Waals surface area contributed by atoms with Crippen molar-refractivity contribution >= 4 is 0 Å². The smallest absolute Gasteiger partial charge is 0.122 e. The third-order valence-electron chi connectivity index (χ3n) is 3.98. The number of para-hydroxylation sites is 1. The number of hydrogen-bond acceptors (Lipinski definition) is 3. The van der Waals surface area contributed by atoms with E-state index < -0.39 is 0 Å². The van der Waals surface area contributed by atoms with Crippen molar-refractivity contribution in [1.82, 2.24) is 4.90 Å². The number of benzene rings is 1. The largest absolute Gasteiger partial charge is 0.492 e. The molecule has 0 bridgehead atoms. The van der Waals surface area contributed by atoms with E-state index in [1.807, 2.05) is 6.07 Å². The van der Waals surface area contributed by atoms with E-state index >= 15 is 0 Å². The highest BCUT2D eigenvalue weighted by Crippen LogP contribution is 2.19. The molecule has 1 aliphatic heterocycles. The van der Waals surface area contributed by atoms with Gasteiger partial charge in [-0.2, -0.15) is 0 Å². The number of aliphatic hydroxyl groups is 1. The molecule has 1 N–H and O–H groups in total. The Morgan fingerprint density at radius 3 is 2.68 bits per heavy atom. The molecule has 2 rings (SSSR count). The molecule has 0 spiro atoms. The van der Waals surface area contributed by atoms with Gasteiger partial charge in [0.05, 0.1) is 0 Å². The van der Waals surface area contributed by atoms with Gasteiger partial charge in [0.1, 0.15) is 12.4 Å². The first-order chi connectivity index (χ1) is 9.33. The summed E-state index contributed by atoms with van der Waals surface area (Å²) in [6.45, 7) is 6.40. The number of nitrogens with zero attached hydrogens (tertiary/aromatic N) is 1. The molecule has 3 nitrogen and oxygen atoms in total. The van der Waals surface area contributed by atoms with E-state index in [4.69, 9.17) is 9.84 Å². The van der Waals surface area contributed by atoms with Crippen molar-refractivity contribution in [3.8, 4) is 5.75 Å². The number of rotatable bonds is 6. The molecule has 1 aromatic rings. The van der Waals surface area contributed by atoms with Crippen LogP contribution in [0.25, 0.3) is 0 Å². The summed E-state index contributed by atoms with van der Waals surface area (Å²) in [6, 6.07) is 8.27. The molecular formula is C16H25NO2. The van der Waals surface area contributed by atoms with Crippen LogP contribution in [-0.2, 0) is 6.42 Å². The van der Waals surface area contributed by atoms with Gasteiger partial charge in [-0.25, -0.2) is 0 Å². The van der Waals surface area contributed by atoms with E-state index in [0.29, 0.717) is 12.5 Å². The molecule has 0 amide bonds. The Hall–Kier alpha value is -1.06. The fourth-order valence-corrected chi connectivity index (χ4v) is 2.61. The van der Waals surface area contributed by atoms with E-state index in [2.05, 4.69) is 30.0 Å². The number of hydrogen-bond donors (Lipinski definition) is 1. The zero-order valence-electron chi connectivity index (χ0n) is 11.8. The summed E-state index contributed by atoms with van der Waals surface area (Å²) < 4.78 is 5.89. The maximum absolute atomic E-state index is 9.12. The van der Waals surface area contributed by atoms with E-state index in [0.717, 1.165) is 51.3 Å². The summed E-state index contributed by atoms with van der Waals surface area (Å²) in [5.74, 6) is 1.54. The van der Waals surface area contributed by atoms with Crippen LogP contribution in [0, 0.1) is 5.92 Å². The zero-order valence-corrected chi connectivity index (χ0v) is 11.8. The first kappa shape index (κ1) is 14.4. The zero-order chi connectivity index (χ0) is 13.5. The van der Waals surface area contributed by atoms with Crippen molar-refractivity contribution in [2.75, 3.05) is 32.8 Å². The highest BCUT2D eigenvalue weighted by Gasteiger charge is 2.17. The Balaban J connectivity index is 1.72. The second-order valence-electron chi connectivity index (χ2n) is 5.28. The molecule has 0 saturated carbocycles. The van der Waals surface area contributed by atoms with Crippen LogP contribution >= 0.6 is 0 Å². The SMILES string of the molecule is CCc1ccccc1OCCN1CCC(CO)CC1. The maximum Gasteiger partial charge on any atom is 0.122 e. The van der Waals surface area contributed by atoms with Gasteiger partial charge in [-0.1, -0.05) is 25.1 Å². The summed E-state index contributed by atoms with van der Waals surface area (Å²) in [5.41, 5.74) is 1.28. The second-order valence-corrected chi connectivity index (χ2v) is 5.28. The van der Waals surface area contributed by atoms with Gasteiger partial charge in [0, 0.05) is 13.2 Å². The normalized spacial score (nSPS) is 17.6. The highest BCUT2D eigenvalue weighted by atomic mass is 16.5. The molecule has 0 unspecified atom stereocenters. The third-order valence-corrected chi connectivity index (χ3v) is 3.98. The van der Waals surface area contributed by atoms with Gasteiger partial charge in [0.25, 0.3) is 0 Å². The topological polar surface area (TPSA) is 32.7 Å². The molecule has 0 radical (unpaired) electrons. The van der Waals surface area contributed by atoms with Gasteiger partial charge < -0.3 is 9.84 Å². The standard InChI is InChI=1S/C16H25NO2/c1-2-15-5-3-4-6-16(15)19-12-11-17-9-7-14(13-18)8-10-17/h3-6,14,18H,2,7-13H2,1H3. The molecule has 0 atom stereocenters. The van der Waals surface area contributed by atoms with Crippen molar-refractivity contribution in [1.29, 1.82) is 0 Å². The summed E-state index contributed by atoms with van der Waals surface area (Å²) >= 11 is 0. The summed E-state index contributed by atoms with van der Waals surface area (Å²) in [7, 11) is 0. The number of likely N-dealkylation sites (tertiary alicyclic amines) is 1. The first-order valence-electron chi connectivity index (χ1n) is 7.37. The molecule has 0 aromatic heterocycles. The molecule has 19 heavy (non-hydrogen) atoms. The average molecular weight is 263 g/mol. The van der Waals surface area contributed by atoms with Crippen molar-refractivity contribution < 1.29 is 9.84 Å². The lowest BCUT2D eigenvalue weighted by Crippen LogP contribution is -2.37. The predicted octanol–water partition coefficient (Wildman–Crippen LogP) is 2.33. The predicted molar refractivity (Wildman–Crippen MR) is 77.6 cm³/mol. The lowest BCUT2D eigenvalue weighted by molar-refractivity contribution is 0.118. The van der Waals surface area contributed by atoms with E-state index in [1.165, 1.54) is 5.56 Å². The molecule has 3 heteroatoms. The Labute approximate surface area is 116 Å². The summed E-state index contributed by atoms with van der Waals surface area (Å²) in [6.07, 6.45) is 3.24. The fraction of sp³-hybridized carbons (Fsp3) is 0.625. The van der Waals surface area contributed by atoms with Crippen molar-refractivity contribution in [2.45, 2.75) is 26.2 Å². The highest BCUT2D eigenvalue weighted by molar-refractivity contribution is 5.33.